The van der Waals surface area contributed by atoms with E-state index in [4.69, 9.17) is 4.74 Å². The van der Waals surface area contributed by atoms with Crippen molar-refractivity contribution >= 4 is 16.7 Å². The van der Waals surface area contributed by atoms with Crippen molar-refractivity contribution in [2.75, 3.05) is 0 Å². The van der Waals surface area contributed by atoms with Crippen LogP contribution in [-0.2, 0) is 16.1 Å². The summed E-state index contributed by atoms with van der Waals surface area (Å²) < 4.78 is 5.49. The number of carbonyl (C=O) groups excluding carboxylic acids is 1. The maximum absolute atomic E-state index is 12.1. The van der Waals surface area contributed by atoms with Gasteiger partial charge < -0.3 is 4.74 Å². The molecule has 0 amide bonds. The van der Waals surface area contributed by atoms with Crippen LogP contribution in [-0.4, -0.2) is 5.97 Å². The highest BCUT2D eigenvalue weighted by Gasteiger charge is 2.12. The molecule has 23 heavy (non-hydrogen) atoms. The molecule has 0 N–H and O–H groups in total. The first-order valence-corrected chi connectivity index (χ1v) is 7.91. The van der Waals surface area contributed by atoms with E-state index in [0.29, 0.717) is 13.0 Å². The van der Waals surface area contributed by atoms with Crippen molar-refractivity contribution in [2.24, 2.45) is 0 Å². The van der Waals surface area contributed by atoms with E-state index in [1.165, 1.54) is 5.39 Å². The summed E-state index contributed by atoms with van der Waals surface area (Å²) in [4.78, 5) is 12.1. The molecular weight excluding hydrogens is 284 g/mol. The molecule has 0 aliphatic rings. The fraction of sp³-hybridized carbons (Fsp3) is 0.190. The van der Waals surface area contributed by atoms with Gasteiger partial charge in [-0.3, -0.25) is 4.79 Å². The molecule has 3 aromatic carbocycles. The molecular formula is C21H20O2. The Hall–Kier alpha value is -2.61. The van der Waals surface area contributed by atoms with Crippen molar-refractivity contribution in [2.45, 2.75) is 25.9 Å². The average molecular weight is 304 g/mol. The Labute approximate surface area is 136 Å². The van der Waals surface area contributed by atoms with E-state index >= 15 is 0 Å². The van der Waals surface area contributed by atoms with Gasteiger partial charge in [-0.2, -0.15) is 0 Å². The third-order valence-corrected chi connectivity index (χ3v) is 4.11. The van der Waals surface area contributed by atoms with Crippen LogP contribution in [0.1, 0.15) is 30.4 Å². The van der Waals surface area contributed by atoms with E-state index in [-0.39, 0.29) is 11.9 Å². The highest BCUT2D eigenvalue weighted by molar-refractivity contribution is 5.85. The Morgan fingerprint density at radius 3 is 2.43 bits per heavy atom. The lowest BCUT2D eigenvalue weighted by atomic mass is 9.98. The predicted molar refractivity (Wildman–Crippen MR) is 93.2 cm³/mol. The third kappa shape index (κ3) is 3.78. The van der Waals surface area contributed by atoms with Crippen LogP contribution in [0.2, 0.25) is 0 Å². The topological polar surface area (TPSA) is 26.3 Å². The van der Waals surface area contributed by atoms with Gasteiger partial charge in [0.05, 0.1) is 6.42 Å². The zero-order valence-electron chi connectivity index (χ0n) is 13.2. The molecule has 0 saturated carbocycles. The second-order valence-corrected chi connectivity index (χ2v) is 5.81. The molecule has 0 spiro atoms. The zero-order chi connectivity index (χ0) is 16.1. The standard InChI is InChI=1S/C21H20O2/c1-16(17-8-3-2-4-9-17)14-21(22)23-15-19-12-7-11-18-10-5-6-13-20(18)19/h2-13,16H,14-15H2,1H3/t16-/m0/s1. The highest BCUT2D eigenvalue weighted by Crippen LogP contribution is 2.21. The molecule has 0 aliphatic heterocycles. The summed E-state index contributed by atoms with van der Waals surface area (Å²) in [5.74, 6) is 0.00510. The summed E-state index contributed by atoms with van der Waals surface area (Å²) in [5.41, 5.74) is 2.21. The summed E-state index contributed by atoms with van der Waals surface area (Å²) in [6.45, 7) is 2.37. The van der Waals surface area contributed by atoms with Gasteiger partial charge in [0.2, 0.25) is 0 Å². The molecule has 3 aromatic rings. The summed E-state index contributed by atoms with van der Waals surface area (Å²) >= 11 is 0. The van der Waals surface area contributed by atoms with Crippen LogP contribution in [0, 0.1) is 0 Å². The zero-order valence-corrected chi connectivity index (χ0v) is 13.2. The molecule has 0 aromatic heterocycles. The van der Waals surface area contributed by atoms with Gasteiger partial charge in [-0.15, -0.1) is 0 Å². The normalized spacial score (nSPS) is 12.0. The Bertz CT molecular complexity index is 788. The minimum Gasteiger partial charge on any atom is -0.461 e. The van der Waals surface area contributed by atoms with Gasteiger partial charge in [0.1, 0.15) is 6.61 Å². The maximum atomic E-state index is 12.1. The number of esters is 1. The monoisotopic (exact) mass is 304 g/mol. The van der Waals surface area contributed by atoms with Crippen LogP contribution in [0.25, 0.3) is 10.8 Å². The van der Waals surface area contributed by atoms with Crippen LogP contribution < -0.4 is 0 Å². The Morgan fingerprint density at radius 1 is 0.913 bits per heavy atom. The molecule has 0 unspecified atom stereocenters. The predicted octanol–water partition coefficient (Wildman–Crippen LogP) is 5.08. The molecule has 0 aliphatic carbocycles. The van der Waals surface area contributed by atoms with Gasteiger partial charge >= 0.3 is 5.97 Å². The van der Waals surface area contributed by atoms with Gasteiger partial charge in [-0.1, -0.05) is 79.7 Å². The molecule has 116 valence electrons. The van der Waals surface area contributed by atoms with Crippen LogP contribution in [0.4, 0.5) is 0 Å². The minimum absolute atomic E-state index is 0.158. The molecule has 2 heteroatoms. The van der Waals surface area contributed by atoms with Crippen molar-refractivity contribution < 1.29 is 9.53 Å². The second-order valence-electron chi connectivity index (χ2n) is 5.81. The first-order valence-electron chi connectivity index (χ1n) is 7.91. The van der Waals surface area contributed by atoms with Crippen molar-refractivity contribution in [3.8, 4) is 0 Å². The summed E-state index contributed by atoms with van der Waals surface area (Å²) in [6.07, 6.45) is 0.398. The number of rotatable bonds is 5. The molecule has 0 heterocycles. The highest BCUT2D eigenvalue weighted by atomic mass is 16.5. The van der Waals surface area contributed by atoms with Crippen molar-refractivity contribution in [3.05, 3.63) is 83.9 Å². The number of carbonyl (C=O) groups is 1. The molecule has 0 bridgehead atoms. The molecule has 2 nitrogen and oxygen atoms in total. The maximum Gasteiger partial charge on any atom is 0.306 e. The Kier molecular flexibility index (Phi) is 4.72. The first-order chi connectivity index (χ1) is 11.2. The number of ether oxygens (including phenoxy) is 1. The number of hydrogen-bond donors (Lipinski definition) is 0. The van der Waals surface area contributed by atoms with Gasteiger partial charge in [0.25, 0.3) is 0 Å². The van der Waals surface area contributed by atoms with Gasteiger partial charge in [0.15, 0.2) is 0 Å². The minimum atomic E-state index is -0.158. The largest absolute Gasteiger partial charge is 0.461 e. The quantitative estimate of drug-likeness (QED) is 0.615. The lowest BCUT2D eigenvalue weighted by molar-refractivity contribution is -0.145. The summed E-state index contributed by atoms with van der Waals surface area (Å²) in [5, 5.41) is 2.30. The van der Waals surface area contributed by atoms with Crippen molar-refractivity contribution in [1.29, 1.82) is 0 Å². The van der Waals surface area contributed by atoms with E-state index in [9.17, 15) is 4.79 Å². The van der Waals surface area contributed by atoms with Crippen molar-refractivity contribution in [1.82, 2.24) is 0 Å². The second kappa shape index (κ2) is 7.10. The van der Waals surface area contributed by atoms with Crippen LogP contribution in [0.15, 0.2) is 72.8 Å². The fourth-order valence-corrected chi connectivity index (χ4v) is 2.78. The summed E-state index contributed by atoms with van der Waals surface area (Å²) in [7, 11) is 0. The number of benzene rings is 3. The van der Waals surface area contributed by atoms with Crippen LogP contribution in [0.5, 0.6) is 0 Å². The third-order valence-electron chi connectivity index (χ3n) is 4.11. The SMILES string of the molecule is C[C@@H](CC(=O)OCc1cccc2ccccc12)c1ccccc1. The fourth-order valence-electron chi connectivity index (χ4n) is 2.78. The van der Waals surface area contributed by atoms with E-state index in [2.05, 4.69) is 25.1 Å². The average Bonchev–Trinajstić information content (AvgIpc) is 2.60. The lowest BCUT2D eigenvalue weighted by Crippen LogP contribution is -2.09. The van der Waals surface area contributed by atoms with Crippen LogP contribution in [0.3, 0.4) is 0 Å². The van der Waals surface area contributed by atoms with Gasteiger partial charge in [-0.25, -0.2) is 0 Å². The summed E-state index contributed by atoms with van der Waals surface area (Å²) in [6, 6.07) is 24.3. The van der Waals surface area contributed by atoms with Crippen molar-refractivity contribution in [3.63, 3.8) is 0 Å². The van der Waals surface area contributed by atoms with E-state index in [0.717, 1.165) is 16.5 Å². The van der Waals surface area contributed by atoms with E-state index in [1.54, 1.807) is 0 Å². The Morgan fingerprint density at radius 2 is 1.61 bits per heavy atom. The van der Waals surface area contributed by atoms with Gasteiger partial charge in [0, 0.05) is 0 Å². The lowest BCUT2D eigenvalue weighted by Gasteiger charge is -2.12. The number of fused-ring (bicyclic) bond motifs is 1. The Balaban J connectivity index is 1.62. The van der Waals surface area contributed by atoms with E-state index in [1.807, 2.05) is 54.6 Å². The van der Waals surface area contributed by atoms with Crippen LogP contribution >= 0.6 is 0 Å². The van der Waals surface area contributed by atoms with E-state index < -0.39 is 0 Å². The molecule has 0 saturated heterocycles. The first kappa shape index (κ1) is 15.3. The molecule has 0 fully saturated rings. The molecule has 3 rings (SSSR count). The smallest absolute Gasteiger partial charge is 0.306 e. The molecule has 0 radical (unpaired) electrons. The van der Waals surface area contributed by atoms with Gasteiger partial charge in [-0.05, 0) is 27.8 Å². The number of hydrogen-bond acceptors (Lipinski definition) is 2. The molecule has 1 atom stereocenters.